The van der Waals surface area contributed by atoms with Crippen LogP contribution < -0.4 is 0 Å². The number of aliphatic carboxylic acids is 1. The lowest BCUT2D eigenvalue weighted by molar-refractivity contribution is -0.228. The highest BCUT2D eigenvalue weighted by Crippen LogP contribution is 2.37. The molecule has 0 saturated carbocycles. The molecular formula is C27H28O9S. The van der Waals surface area contributed by atoms with Crippen LogP contribution in [0.2, 0.25) is 0 Å². The van der Waals surface area contributed by atoms with E-state index in [9.17, 15) is 24.3 Å². The van der Waals surface area contributed by atoms with Gasteiger partial charge in [0.15, 0.2) is 18.3 Å². The van der Waals surface area contributed by atoms with Crippen LogP contribution in [0.1, 0.15) is 30.1 Å². The van der Waals surface area contributed by atoms with Gasteiger partial charge in [-0.1, -0.05) is 61.2 Å². The zero-order valence-corrected chi connectivity index (χ0v) is 21.0. The minimum absolute atomic E-state index is 0.0128. The molecule has 0 unspecified atom stereocenters. The summed E-state index contributed by atoms with van der Waals surface area (Å²) in [7, 11) is 0. The van der Waals surface area contributed by atoms with Crippen LogP contribution in [0.3, 0.4) is 0 Å². The topological polar surface area (TPSA) is 125 Å². The van der Waals surface area contributed by atoms with E-state index in [1.54, 1.807) is 49.4 Å². The first-order chi connectivity index (χ1) is 17.8. The van der Waals surface area contributed by atoms with Crippen LogP contribution in [0, 0.1) is 0 Å². The van der Waals surface area contributed by atoms with Crippen LogP contribution in [0.5, 0.6) is 0 Å². The summed E-state index contributed by atoms with van der Waals surface area (Å²) < 4.78 is 23.0. The summed E-state index contributed by atoms with van der Waals surface area (Å²) in [5.41, 5.74) is -0.794. The van der Waals surface area contributed by atoms with Crippen molar-refractivity contribution in [3.8, 4) is 0 Å². The van der Waals surface area contributed by atoms with Gasteiger partial charge in [0, 0.05) is 11.3 Å². The number of esters is 2. The van der Waals surface area contributed by atoms with Gasteiger partial charge in [-0.3, -0.25) is 9.59 Å². The van der Waals surface area contributed by atoms with Crippen LogP contribution in [0.25, 0.3) is 0 Å². The quantitative estimate of drug-likeness (QED) is 0.248. The van der Waals surface area contributed by atoms with E-state index in [1.165, 1.54) is 30.0 Å². The van der Waals surface area contributed by atoms with E-state index in [-0.39, 0.29) is 24.4 Å². The van der Waals surface area contributed by atoms with Crippen LogP contribution in [0.4, 0.5) is 0 Å². The summed E-state index contributed by atoms with van der Waals surface area (Å²) >= 11 is 1.17. The molecule has 9 nitrogen and oxygen atoms in total. The molecule has 0 bridgehead atoms. The minimum Gasteiger partial charge on any atom is -0.479 e. The average Bonchev–Trinajstić information content (AvgIpc) is 2.90. The standard InChI is InChI=1S/C27H28O9S/c1-3-15-33-24-22(34-20(29)16-18(28)4-2)21(35-26(32)17-11-7-5-8-12-17)23(25(30)31)36-27(24)37-19-13-9-6-10-14-19/h3,5-14,21-24,27H,1,4,15-16H2,2H3,(H,30,31)/t21-,22+,23+,24-,27+/m1/s1. The molecule has 196 valence electrons. The van der Waals surface area contributed by atoms with Gasteiger partial charge in [0.2, 0.25) is 0 Å². The number of Topliss-reactive ketones (excluding diaryl/α,β-unsaturated/α-hetero) is 1. The highest BCUT2D eigenvalue weighted by molar-refractivity contribution is 7.99. The van der Waals surface area contributed by atoms with Crippen LogP contribution in [0.15, 0.2) is 78.2 Å². The number of carbonyl (C=O) groups excluding carboxylic acids is 3. The minimum atomic E-state index is -1.68. The fourth-order valence-corrected chi connectivity index (χ4v) is 4.73. The Kier molecular flexibility index (Phi) is 10.4. The van der Waals surface area contributed by atoms with E-state index in [2.05, 4.69) is 6.58 Å². The van der Waals surface area contributed by atoms with Crippen molar-refractivity contribution in [1.82, 2.24) is 0 Å². The maximum atomic E-state index is 12.9. The molecule has 1 saturated heterocycles. The first-order valence-corrected chi connectivity index (χ1v) is 12.5. The molecule has 0 amide bonds. The summed E-state index contributed by atoms with van der Waals surface area (Å²) in [5, 5.41) is 10.00. The van der Waals surface area contributed by atoms with Crippen molar-refractivity contribution in [2.24, 2.45) is 0 Å². The predicted molar refractivity (Wildman–Crippen MR) is 134 cm³/mol. The second kappa shape index (κ2) is 13.7. The number of ether oxygens (including phenoxy) is 4. The lowest BCUT2D eigenvalue weighted by Crippen LogP contribution is -2.62. The summed E-state index contributed by atoms with van der Waals surface area (Å²) in [6.45, 7) is 5.26. The molecule has 1 aliphatic heterocycles. The van der Waals surface area contributed by atoms with Crippen molar-refractivity contribution in [3.63, 3.8) is 0 Å². The Labute approximate surface area is 218 Å². The molecular weight excluding hydrogens is 500 g/mol. The number of thioether (sulfide) groups is 1. The highest BCUT2D eigenvalue weighted by atomic mass is 32.2. The lowest BCUT2D eigenvalue weighted by Gasteiger charge is -2.43. The van der Waals surface area contributed by atoms with Crippen molar-refractivity contribution in [2.45, 2.75) is 54.5 Å². The molecule has 1 fully saturated rings. The van der Waals surface area contributed by atoms with Gasteiger partial charge in [-0.05, 0) is 24.3 Å². The number of hydrogen-bond donors (Lipinski definition) is 1. The van der Waals surface area contributed by atoms with E-state index >= 15 is 0 Å². The molecule has 10 heteroatoms. The van der Waals surface area contributed by atoms with E-state index in [4.69, 9.17) is 18.9 Å². The van der Waals surface area contributed by atoms with E-state index < -0.39 is 54.2 Å². The zero-order chi connectivity index (χ0) is 26.8. The Hall–Kier alpha value is -3.47. The zero-order valence-electron chi connectivity index (χ0n) is 20.2. The Morgan fingerprint density at radius 1 is 0.973 bits per heavy atom. The molecule has 1 aliphatic rings. The summed E-state index contributed by atoms with van der Waals surface area (Å²) in [6, 6.07) is 17.0. The number of carbonyl (C=O) groups is 4. The van der Waals surface area contributed by atoms with Crippen LogP contribution >= 0.6 is 11.8 Å². The molecule has 2 aromatic rings. The first kappa shape index (κ1) is 28.1. The summed E-state index contributed by atoms with van der Waals surface area (Å²) in [6.07, 6.45) is -4.62. The smallest absolute Gasteiger partial charge is 0.338 e. The Balaban J connectivity index is 1.99. The number of carboxylic acid groups (broad SMARTS) is 1. The molecule has 0 aliphatic carbocycles. The van der Waals surface area contributed by atoms with Gasteiger partial charge < -0.3 is 24.1 Å². The molecule has 3 rings (SSSR count). The van der Waals surface area contributed by atoms with Gasteiger partial charge in [-0.15, -0.1) is 6.58 Å². The second-order valence-corrected chi connectivity index (χ2v) is 9.21. The van der Waals surface area contributed by atoms with E-state index in [0.29, 0.717) is 0 Å². The summed E-state index contributed by atoms with van der Waals surface area (Å²) in [5.74, 6) is -3.50. The van der Waals surface area contributed by atoms with Crippen molar-refractivity contribution in [2.75, 3.05) is 6.61 Å². The normalized spacial score (nSPS) is 23.0. The molecule has 1 N–H and O–H groups in total. The van der Waals surface area contributed by atoms with E-state index in [1.807, 2.05) is 6.07 Å². The van der Waals surface area contributed by atoms with Crippen LogP contribution in [-0.2, 0) is 33.3 Å². The maximum Gasteiger partial charge on any atom is 0.338 e. The van der Waals surface area contributed by atoms with Gasteiger partial charge in [0.05, 0.1) is 12.2 Å². The predicted octanol–water partition coefficient (Wildman–Crippen LogP) is 3.67. The van der Waals surface area contributed by atoms with Gasteiger partial charge in [0.1, 0.15) is 23.7 Å². The molecule has 1 heterocycles. The molecule has 5 atom stereocenters. The maximum absolute atomic E-state index is 12.9. The van der Waals surface area contributed by atoms with Gasteiger partial charge in [0.25, 0.3) is 0 Å². The van der Waals surface area contributed by atoms with Crippen molar-refractivity contribution in [1.29, 1.82) is 0 Å². The van der Waals surface area contributed by atoms with Crippen LogP contribution in [-0.4, -0.2) is 65.3 Å². The second-order valence-electron chi connectivity index (χ2n) is 8.04. The van der Waals surface area contributed by atoms with Crippen molar-refractivity contribution < 1.29 is 43.2 Å². The highest BCUT2D eigenvalue weighted by Gasteiger charge is 2.54. The monoisotopic (exact) mass is 528 g/mol. The van der Waals surface area contributed by atoms with E-state index in [0.717, 1.165) is 4.90 Å². The van der Waals surface area contributed by atoms with Gasteiger partial charge in [-0.2, -0.15) is 0 Å². The largest absolute Gasteiger partial charge is 0.479 e. The fourth-order valence-electron chi connectivity index (χ4n) is 3.60. The Morgan fingerprint density at radius 2 is 1.62 bits per heavy atom. The third-order valence-corrected chi connectivity index (χ3v) is 6.55. The number of rotatable bonds is 12. The SMILES string of the molecule is C=CCO[C@@H]1[C@@H](OC(=O)CC(=O)CC)[C@@H](OC(=O)c2ccccc2)[C@@H](C(=O)O)O[C@H]1Sc1ccccc1. The molecule has 2 aromatic carbocycles. The Morgan fingerprint density at radius 3 is 2.22 bits per heavy atom. The molecule has 37 heavy (non-hydrogen) atoms. The number of hydrogen-bond acceptors (Lipinski definition) is 9. The fraction of sp³-hybridized carbons (Fsp3) is 0.333. The number of carboxylic acids is 1. The van der Waals surface area contributed by atoms with Gasteiger partial charge >= 0.3 is 17.9 Å². The Bertz CT molecular complexity index is 1090. The molecule has 0 aromatic heterocycles. The molecule has 0 radical (unpaired) electrons. The molecule has 0 spiro atoms. The van der Waals surface area contributed by atoms with Crippen molar-refractivity contribution >= 4 is 35.5 Å². The average molecular weight is 529 g/mol. The third kappa shape index (κ3) is 7.75. The summed E-state index contributed by atoms with van der Waals surface area (Å²) in [4.78, 5) is 50.5. The third-order valence-electron chi connectivity index (χ3n) is 5.40. The first-order valence-electron chi connectivity index (χ1n) is 11.6. The number of benzene rings is 2. The van der Waals surface area contributed by atoms with Gasteiger partial charge in [-0.25, -0.2) is 9.59 Å². The number of ketones is 1. The van der Waals surface area contributed by atoms with Crippen molar-refractivity contribution in [3.05, 3.63) is 78.9 Å². The lowest BCUT2D eigenvalue weighted by atomic mass is 9.98.